The Balaban J connectivity index is 4.00. The summed E-state index contributed by atoms with van der Waals surface area (Å²) in [5, 5.41) is 21.8. The van der Waals surface area contributed by atoms with E-state index in [9.17, 15) is 34.1 Å². The van der Waals surface area contributed by atoms with Gasteiger partial charge in [0.2, 0.25) is 5.91 Å². The van der Waals surface area contributed by atoms with E-state index in [1.807, 2.05) is 12.2 Å². The molecule has 0 rings (SSSR count). The van der Waals surface area contributed by atoms with Crippen molar-refractivity contribution in [2.45, 2.75) is 174 Å². The minimum Gasteiger partial charge on any atom is -0.480 e. The number of rotatable bonds is 40. The highest BCUT2D eigenvalue weighted by atomic mass is 31.2. The second-order valence-electron chi connectivity index (χ2n) is 14.5. The topological polar surface area (TPSA) is 169 Å². The van der Waals surface area contributed by atoms with Gasteiger partial charge in [0.25, 0.3) is 0 Å². The maximum Gasteiger partial charge on any atom is 0.472 e. The number of amides is 1. The number of carboxylic acids is 1. The van der Waals surface area contributed by atoms with Crippen molar-refractivity contribution in [3.8, 4) is 0 Å². The number of aliphatic carboxylic acids is 1. The van der Waals surface area contributed by atoms with Crippen LogP contribution in [0.5, 0.6) is 0 Å². The zero-order chi connectivity index (χ0) is 43.5. The molecule has 59 heavy (non-hydrogen) atoms. The molecule has 0 aromatic heterocycles. The number of aliphatic hydroxyl groups is 1. The van der Waals surface area contributed by atoms with E-state index >= 15 is 0 Å². The standard InChI is InChI=1S/C47H78NO10P/c1-3-5-7-9-11-13-15-17-19-21-23-25-27-29-31-33-35-37-39-46(51)56-40-43(49)41-57-59(54,55)58-42-44(47(52)53)48-45(50)38-36-34-32-30-28-26-24-22-20-18-16-14-12-10-8-6-4-2/h6,8,12-15,18-21,24,26,30,32,43-44,49H,3-5,7,9-11,16-17,22-23,25,27-29,31,33-42H2,1-2H3,(H,48,50)(H,52,53)(H,54,55)/b8-6-,14-12-,15-13-,20-18-,21-19-,26-24-,32-30-. The van der Waals surface area contributed by atoms with Gasteiger partial charge in [-0.2, -0.15) is 0 Å². The number of esters is 1. The molecule has 0 saturated heterocycles. The van der Waals surface area contributed by atoms with Gasteiger partial charge in [-0.15, -0.1) is 0 Å². The second-order valence-corrected chi connectivity index (χ2v) is 16.0. The van der Waals surface area contributed by atoms with Crippen LogP contribution in [0.1, 0.15) is 162 Å². The Morgan fingerprint density at radius 2 is 1.00 bits per heavy atom. The van der Waals surface area contributed by atoms with Crippen LogP contribution in [-0.2, 0) is 32.7 Å². The molecule has 0 aliphatic carbocycles. The monoisotopic (exact) mass is 848 g/mol. The van der Waals surface area contributed by atoms with Gasteiger partial charge in [0, 0.05) is 12.8 Å². The molecule has 0 bridgehead atoms. The lowest BCUT2D eigenvalue weighted by Gasteiger charge is -2.18. The molecule has 12 heteroatoms. The number of ether oxygens (including phenoxy) is 1. The molecule has 0 spiro atoms. The van der Waals surface area contributed by atoms with E-state index < -0.39 is 57.6 Å². The minimum atomic E-state index is -4.78. The fraction of sp³-hybridized carbons (Fsp3) is 0.638. The van der Waals surface area contributed by atoms with Crippen molar-refractivity contribution < 1.29 is 47.8 Å². The zero-order valence-corrected chi connectivity index (χ0v) is 37.2. The highest BCUT2D eigenvalue weighted by Gasteiger charge is 2.28. The van der Waals surface area contributed by atoms with Crippen molar-refractivity contribution in [1.29, 1.82) is 0 Å². The molecule has 11 nitrogen and oxygen atoms in total. The van der Waals surface area contributed by atoms with E-state index in [0.717, 1.165) is 64.2 Å². The van der Waals surface area contributed by atoms with Crippen LogP contribution in [0.15, 0.2) is 85.1 Å². The quantitative estimate of drug-likeness (QED) is 0.0201. The van der Waals surface area contributed by atoms with Gasteiger partial charge < -0.3 is 25.2 Å². The Morgan fingerprint density at radius 1 is 0.559 bits per heavy atom. The number of carbonyl (C=O) groups excluding carboxylic acids is 2. The van der Waals surface area contributed by atoms with Crippen molar-refractivity contribution in [3.05, 3.63) is 85.1 Å². The Kier molecular flexibility index (Phi) is 39.1. The number of carbonyl (C=O) groups is 3. The van der Waals surface area contributed by atoms with Crippen molar-refractivity contribution in [2.75, 3.05) is 19.8 Å². The van der Waals surface area contributed by atoms with Gasteiger partial charge in [-0.05, 0) is 83.5 Å². The van der Waals surface area contributed by atoms with E-state index in [1.54, 1.807) is 0 Å². The largest absolute Gasteiger partial charge is 0.480 e. The van der Waals surface area contributed by atoms with Crippen LogP contribution in [0.3, 0.4) is 0 Å². The minimum absolute atomic E-state index is 0.0621. The first-order valence-electron chi connectivity index (χ1n) is 22.1. The molecule has 0 radical (unpaired) electrons. The van der Waals surface area contributed by atoms with Gasteiger partial charge in [-0.25, -0.2) is 9.36 Å². The smallest absolute Gasteiger partial charge is 0.472 e. The number of phosphoric acid groups is 1. The Bertz CT molecular complexity index is 1320. The molecule has 0 aromatic rings. The third kappa shape index (κ3) is 41.2. The molecule has 4 N–H and O–H groups in total. The summed E-state index contributed by atoms with van der Waals surface area (Å²) < 4.78 is 26.8. The lowest BCUT2D eigenvalue weighted by atomic mass is 10.1. The molecule has 0 heterocycles. The van der Waals surface area contributed by atoms with Gasteiger partial charge in [-0.3, -0.25) is 18.6 Å². The summed E-state index contributed by atoms with van der Waals surface area (Å²) in [5.74, 6) is -2.47. The molecule has 3 atom stereocenters. The van der Waals surface area contributed by atoms with E-state index in [4.69, 9.17) is 13.8 Å². The summed E-state index contributed by atoms with van der Waals surface area (Å²) in [5.41, 5.74) is 0. The highest BCUT2D eigenvalue weighted by molar-refractivity contribution is 7.47. The summed E-state index contributed by atoms with van der Waals surface area (Å²) >= 11 is 0. The second kappa shape index (κ2) is 41.4. The van der Waals surface area contributed by atoms with Crippen molar-refractivity contribution >= 4 is 25.7 Å². The number of allylic oxidation sites excluding steroid dienone is 14. The first-order chi connectivity index (χ1) is 28.6. The Hall–Kier alpha value is -3.34. The number of unbranched alkanes of at least 4 members (excludes halogenated alkanes) is 12. The predicted molar refractivity (Wildman–Crippen MR) is 240 cm³/mol. The lowest BCUT2D eigenvalue weighted by molar-refractivity contribution is -0.147. The Morgan fingerprint density at radius 3 is 1.51 bits per heavy atom. The number of carboxylic acid groups (broad SMARTS) is 1. The molecule has 1 amide bonds. The third-order valence-electron chi connectivity index (χ3n) is 8.92. The van der Waals surface area contributed by atoms with Crippen molar-refractivity contribution in [1.82, 2.24) is 5.32 Å². The summed E-state index contributed by atoms with van der Waals surface area (Å²) in [6, 6.07) is -1.58. The molecule has 0 saturated carbocycles. The average Bonchev–Trinajstić information content (AvgIpc) is 3.21. The number of nitrogens with one attached hydrogen (secondary N) is 1. The summed E-state index contributed by atoms with van der Waals surface area (Å²) in [6.07, 6.45) is 50.4. The molecule has 336 valence electrons. The highest BCUT2D eigenvalue weighted by Crippen LogP contribution is 2.43. The van der Waals surface area contributed by atoms with Crippen molar-refractivity contribution in [2.24, 2.45) is 0 Å². The maximum atomic E-state index is 12.3. The van der Waals surface area contributed by atoms with E-state index in [0.29, 0.717) is 19.3 Å². The summed E-state index contributed by atoms with van der Waals surface area (Å²) in [4.78, 5) is 45.9. The SMILES string of the molecule is CC/C=C\C/C=C\C/C=C\C/C=C\C/C=C\CCCC(=O)NC(COP(=O)(O)OCC(O)COC(=O)CCCCCCCCC/C=C\C/C=C\CCCCCC)C(=O)O. The van der Waals surface area contributed by atoms with Gasteiger partial charge in [0.15, 0.2) is 6.04 Å². The lowest BCUT2D eigenvalue weighted by Crippen LogP contribution is -2.43. The number of hydrogen-bond acceptors (Lipinski definition) is 8. The summed E-state index contributed by atoms with van der Waals surface area (Å²) in [6.45, 7) is 2.40. The fourth-order valence-corrected chi connectivity index (χ4v) is 6.27. The molecule has 0 fully saturated rings. The maximum absolute atomic E-state index is 12.3. The van der Waals surface area contributed by atoms with Crippen LogP contribution in [0, 0.1) is 0 Å². The van der Waals surface area contributed by atoms with Crippen LogP contribution in [-0.4, -0.2) is 64.9 Å². The Labute approximate surface area is 356 Å². The van der Waals surface area contributed by atoms with Crippen LogP contribution < -0.4 is 5.32 Å². The van der Waals surface area contributed by atoms with Crippen LogP contribution >= 0.6 is 7.82 Å². The average molecular weight is 848 g/mol. The van der Waals surface area contributed by atoms with Crippen LogP contribution in [0.2, 0.25) is 0 Å². The van der Waals surface area contributed by atoms with Crippen molar-refractivity contribution in [3.63, 3.8) is 0 Å². The van der Waals surface area contributed by atoms with Gasteiger partial charge in [0.05, 0.1) is 13.2 Å². The van der Waals surface area contributed by atoms with Crippen LogP contribution in [0.25, 0.3) is 0 Å². The molecule has 3 unspecified atom stereocenters. The molecule has 0 aliphatic rings. The number of hydrogen-bond donors (Lipinski definition) is 4. The van der Waals surface area contributed by atoms with Gasteiger partial charge in [-0.1, -0.05) is 150 Å². The first-order valence-corrected chi connectivity index (χ1v) is 23.6. The van der Waals surface area contributed by atoms with Gasteiger partial charge in [0.1, 0.15) is 12.7 Å². The zero-order valence-electron chi connectivity index (χ0n) is 36.3. The molecular formula is C47H78NO10P. The summed E-state index contributed by atoms with van der Waals surface area (Å²) in [7, 11) is -4.78. The first kappa shape index (κ1) is 55.7. The predicted octanol–water partition coefficient (Wildman–Crippen LogP) is 11.5. The normalized spacial score (nSPS) is 14.5. The third-order valence-corrected chi connectivity index (χ3v) is 9.87. The van der Waals surface area contributed by atoms with Gasteiger partial charge >= 0.3 is 19.8 Å². The van der Waals surface area contributed by atoms with E-state index in [1.165, 1.54) is 51.4 Å². The molecule has 0 aromatic carbocycles. The van der Waals surface area contributed by atoms with E-state index in [-0.39, 0.29) is 12.8 Å². The van der Waals surface area contributed by atoms with Crippen LogP contribution in [0.4, 0.5) is 0 Å². The molecule has 0 aliphatic heterocycles. The number of aliphatic hydroxyl groups excluding tert-OH is 1. The fourth-order valence-electron chi connectivity index (χ4n) is 5.50. The van der Waals surface area contributed by atoms with E-state index in [2.05, 4.69) is 92.1 Å². The molecular weight excluding hydrogens is 769 g/mol. The number of phosphoric ester groups is 1.